The van der Waals surface area contributed by atoms with Crippen LogP contribution in [0.5, 0.6) is 5.75 Å². The SMILES string of the molecule is O=C1CC(C(=O)Nc2ccc(OC(F)(F)F)cc2)CN1. The second kappa shape index (κ2) is 5.40. The van der Waals surface area contributed by atoms with E-state index in [-0.39, 0.29) is 30.5 Å². The lowest BCUT2D eigenvalue weighted by Crippen LogP contribution is -2.24. The third-order valence-electron chi connectivity index (χ3n) is 2.70. The Morgan fingerprint density at radius 1 is 1.30 bits per heavy atom. The number of nitrogens with one attached hydrogen (secondary N) is 2. The third-order valence-corrected chi connectivity index (χ3v) is 2.70. The molecule has 0 spiro atoms. The van der Waals surface area contributed by atoms with E-state index in [0.717, 1.165) is 12.1 Å². The van der Waals surface area contributed by atoms with Crippen LogP contribution < -0.4 is 15.4 Å². The first kappa shape index (κ1) is 14.2. The van der Waals surface area contributed by atoms with Gasteiger partial charge in [0.1, 0.15) is 5.75 Å². The minimum absolute atomic E-state index is 0.112. The Morgan fingerprint density at radius 2 is 1.95 bits per heavy atom. The molecule has 0 radical (unpaired) electrons. The molecule has 1 aromatic carbocycles. The zero-order valence-corrected chi connectivity index (χ0v) is 10.2. The van der Waals surface area contributed by atoms with Crippen LogP contribution in [0.3, 0.4) is 0 Å². The van der Waals surface area contributed by atoms with Gasteiger partial charge in [0.05, 0.1) is 5.92 Å². The first-order valence-corrected chi connectivity index (χ1v) is 5.77. The Bertz CT molecular complexity index is 514. The van der Waals surface area contributed by atoms with E-state index in [1.807, 2.05) is 0 Å². The van der Waals surface area contributed by atoms with Gasteiger partial charge >= 0.3 is 6.36 Å². The Balaban J connectivity index is 1.93. The van der Waals surface area contributed by atoms with Crippen molar-refractivity contribution in [2.75, 3.05) is 11.9 Å². The summed E-state index contributed by atoms with van der Waals surface area (Å²) < 4.78 is 39.6. The summed E-state index contributed by atoms with van der Waals surface area (Å²) in [5.41, 5.74) is 0.337. The predicted molar refractivity (Wildman–Crippen MR) is 62.9 cm³/mol. The van der Waals surface area contributed by atoms with E-state index in [1.165, 1.54) is 12.1 Å². The Labute approximate surface area is 112 Å². The van der Waals surface area contributed by atoms with Crippen LogP contribution in [0, 0.1) is 5.92 Å². The van der Waals surface area contributed by atoms with Crippen LogP contribution in [0.25, 0.3) is 0 Å². The number of amides is 2. The fraction of sp³-hybridized carbons (Fsp3) is 0.333. The zero-order chi connectivity index (χ0) is 14.8. The summed E-state index contributed by atoms with van der Waals surface area (Å²) in [7, 11) is 0. The summed E-state index contributed by atoms with van der Waals surface area (Å²) in [5, 5.41) is 5.05. The van der Waals surface area contributed by atoms with Crippen LogP contribution in [0.4, 0.5) is 18.9 Å². The average molecular weight is 288 g/mol. The molecule has 108 valence electrons. The minimum atomic E-state index is -4.75. The van der Waals surface area contributed by atoms with Crippen molar-refractivity contribution in [1.29, 1.82) is 0 Å². The normalized spacial score (nSPS) is 18.6. The van der Waals surface area contributed by atoms with Crippen molar-refractivity contribution in [2.45, 2.75) is 12.8 Å². The number of benzene rings is 1. The summed E-state index contributed by atoms with van der Waals surface area (Å²) in [6.45, 7) is 0.264. The predicted octanol–water partition coefficient (Wildman–Crippen LogP) is 1.66. The second-order valence-corrected chi connectivity index (χ2v) is 4.27. The molecule has 1 aromatic rings. The van der Waals surface area contributed by atoms with Gasteiger partial charge in [-0.1, -0.05) is 0 Å². The molecular formula is C12H11F3N2O3. The van der Waals surface area contributed by atoms with Gasteiger partial charge in [0.25, 0.3) is 0 Å². The quantitative estimate of drug-likeness (QED) is 0.889. The number of halogens is 3. The Morgan fingerprint density at radius 3 is 2.45 bits per heavy atom. The molecule has 1 heterocycles. The van der Waals surface area contributed by atoms with Gasteiger partial charge < -0.3 is 15.4 Å². The zero-order valence-electron chi connectivity index (χ0n) is 10.2. The van der Waals surface area contributed by atoms with E-state index in [1.54, 1.807) is 0 Å². The number of hydrogen-bond donors (Lipinski definition) is 2. The maximum atomic E-state index is 12.0. The highest BCUT2D eigenvalue weighted by atomic mass is 19.4. The van der Waals surface area contributed by atoms with Gasteiger partial charge in [-0.2, -0.15) is 0 Å². The van der Waals surface area contributed by atoms with Crippen molar-refractivity contribution in [1.82, 2.24) is 5.32 Å². The minimum Gasteiger partial charge on any atom is -0.406 e. The number of carbonyl (C=O) groups is 2. The van der Waals surface area contributed by atoms with Gasteiger partial charge in [-0.15, -0.1) is 13.2 Å². The lowest BCUT2D eigenvalue weighted by Gasteiger charge is -2.11. The molecule has 1 fully saturated rings. The van der Waals surface area contributed by atoms with Crippen molar-refractivity contribution < 1.29 is 27.5 Å². The molecule has 8 heteroatoms. The molecule has 1 saturated heterocycles. The number of anilines is 1. The Hall–Kier alpha value is -2.25. The van der Waals surface area contributed by atoms with Crippen LogP contribution in [0.1, 0.15) is 6.42 Å². The van der Waals surface area contributed by atoms with E-state index >= 15 is 0 Å². The van der Waals surface area contributed by atoms with Crippen molar-refractivity contribution in [3.8, 4) is 5.75 Å². The maximum absolute atomic E-state index is 12.0. The molecule has 1 unspecified atom stereocenters. The van der Waals surface area contributed by atoms with Gasteiger partial charge in [-0.25, -0.2) is 0 Å². The first-order valence-electron chi connectivity index (χ1n) is 5.77. The van der Waals surface area contributed by atoms with E-state index in [4.69, 9.17) is 0 Å². The third kappa shape index (κ3) is 3.87. The summed E-state index contributed by atoms with van der Waals surface area (Å²) in [4.78, 5) is 22.7. The fourth-order valence-electron chi connectivity index (χ4n) is 1.77. The number of rotatable bonds is 3. The molecule has 0 saturated carbocycles. The largest absolute Gasteiger partial charge is 0.573 e. The molecule has 1 aliphatic heterocycles. The number of hydrogen-bond acceptors (Lipinski definition) is 3. The monoisotopic (exact) mass is 288 g/mol. The number of carbonyl (C=O) groups excluding carboxylic acids is 2. The van der Waals surface area contributed by atoms with Crippen molar-refractivity contribution in [2.24, 2.45) is 5.92 Å². The number of ether oxygens (including phenoxy) is 1. The highest BCUT2D eigenvalue weighted by Gasteiger charge is 2.31. The molecular weight excluding hydrogens is 277 g/mol. The van der Waals surface area contributed by atoms with Crippen LogP contribution in [-0.4, -0.2) is 24.7 Å². The summed E-state index contributed by atoms with van der Waals surface area (Å²) >= 11 is 0. The van der Waals surface area contributed by atoms with E-state index in [0.29, 0.717) is 5.69 Å². The number of alkyl halides is 3. The summed E-state index contributed by atoms with van der Waals surface area (Å²) in [5.74, 6) is -1.38. The topological polar surface area (TPSA) is 67.4 Å². The van der Waals surface area contributed by atoms with Gasteiger partial charge in [-0.05, 0) is 24.3 Å². The molecule has 0 bridgehead atoms. The molecule has 0 aliphatic carbocycles. The first-order chi connectivity index (χ1) is 9.33. The van der Waals surface area contributed by atoms with E-state index in [2.05, 4.69) is 15.4 Å². The molecule has 20 heavy (non-hydrogen) atoms. The summed E-state index contributed by atoms with van der Waals surface area (Å²) in [6, 6.07) is 4.79. The molecule has 2 rings (SSSR count). The van der Waals surface area contributed by atoms with E-state index in [9.17, 15) is 22.8 Å². The van der Waals surface area contributed by atoms with Gasteiger partial charge in [0.2, 0.25) is 11.8 Å². The van der Waals surface area contributed by atoms with Gasteiger partial charge in [0, 0.05) is 18.7 Å². The van der Waals surface area contributed by atoms with Crippen LogP contribution in [0.15, 0.2) is 24.3 Å². The standard InChI is InChI=1S/C12H11F3N2O3/c13-12(14,15)20-9-3-1-8(2-4-9)17-11(19)7-5-10(18)16-6-7/h1-4,7H,5-6H2,(H,16,18)(H,17,19). The van der Waals surface area contributed by atoms with Crippen LogP contribution in [0.2, 0.25) is 0 Å². The lowest BCUT2D eigenvalue weighted by molar-refractivity contribution is -0.274. The van der Waals surface area contributed by atoms with Crippen LogP contribution in [-0.2, 0) is 9.59 Å². The van der Waals surface area contributed by atoms with Crippen molar-refractivity contribution >= 4 is 17.5 Å². The Kier molecular flexibility index (Phi) is 3.82. The van der Waals surface area contributed by atoms with Crippen molar-refractivity contribution in [3.05, 3.63) is 24.3 Å². The van der Waals surface area contributed by atoms with E-state index < -0.39 is 12.3 Å². The van der Waals surface area contributed by atoms with Gasteiger partial charge in [0.15, 0.2) is 0 Å². The molecule has 2 N–H and O–H groups in total. The molecule has 0 aromatic heterocycles. The highest BCUT2D eigenvalue weighted by Crippen LogP contribution is 2.24. The smallest absolute Gasteiger partial charge is 0.406 e. The van der Waals surface area contributed by atoms with Gasteiger partial charge in [-0.3, -0.25) is 9.59 Å². The van der Waals surface area contributed by atoms with Crippen molar-refractivity contribution in [3.63, 3.8) is 0 Å². The molecule has 2 amide bonds. The molecule has 1 aliphatic rings. The lowest BCUT2D eigenvalue weighted by atomic mass is 10.1. The molecule has 5 nitrogen and oxygen atoms in total. The highest BCUT2D eigenvalue weighted by molar-refractivity contribution is 5.97. The molecule has 1 atom stereocenters. The summed E-state index contributed by atoms with van der Waals surface area (Å²) in [6.07, 6.45) is -4.64. The fourth-order valence-corrected chi connectivity index (χ4v) is 1.77. The average Bonchev–Trinajstić information content (AvgIpc) is 2.77. The second-order valence-electron chi connectivity index (χ2n) is 4.27. The maximum Gasteiger partial charge on any atom is 0.573 e. The van der Waals surface area contributed by atoms with Crippen LogP contribution >= 0.6 is 0 Å².